The van der Waals surface area contributed by atoms with Crippen molar-refractivity contribution in [3.8, 4) is 0 Å². The molecular weight excluding hydrogens is 320 g/mol. The zero-order valence-corrected chi connectivity index (χ0v) is 16.6. The van der Waals surface area contributed by atoms with Gasteiger partial charge in [-0.2, -0.15) is 0 Å². The van der Waals surface area contributed by atoms with Crippen molar-refractivity contribution < 1.29 is 0 Å². The summed E-state index contributed by atoms with van der Waals surface area (Å²) in [7, 11) is 0. The molecule has 2 aliphatic heterocycles. The van der Waals surface area contributed by atoms with Crippen molar-refractivity contribution in [2.45, 2.75) is 65.2 Å². The highest BCUT2D eigenvalue weighted by Gasteiger charge is 2.20. The Balaban J connectivity index is 1.80. The maximum atomic E-state index is 5.04. The monoisotopic (exact) mass is 354 g/mol. The van der Waals surface area contributed by atoms with Crippen molar-refractivity contribution in [2.24, 2.45) is 9.98 Å². The van der Waals surface area contributed by atoms with Gasteiger partial charge in [0.25, 0.3) is 0 Å². The van der Waals surface area contributed by atoms with Gasteiger partial charge in [0, 0.05) is 39.0 Å². The molecule has 4 nitrogen and oxygen atoms in total. The maximum absolute atomic E-state index is 5.04. The van der Waals surface area contributed by atoms with Gasteiger partial charge in [-0.05, 0) is 37.8 Å². The summed E-state index contributed by atoms with van der Waals surface area (Å²) >= 11 is 0. The SMILES string of the molecule is CCCCN1CCCC1=Nc1ccccc1N=C1CCCN1CCCC. The molecule has 4 heteroatoms. The average Bonchev–Trinajstić information content (AvgIpc) is 3.29. The third kappa shape index (κ3) is 4.87. The van der Waals surface area contributed by atoms with Crippen LogP contribution in [0, 0.1) is 0 Å². The Labute approximate surface area is 159 Å². The van der Waals surface area contributed by atoms with Crippen LogP contribution in [0.3, 0.4) is 0 Å². The van der Waals surface area contributed by atoms with Gasteiger partial charge >= 0.3 is 0 Å². The van der Waals surface area contributed by atoms with Crippen LogP contribution in [0.25, 0.3) is 0 Å². The Hall–Kier alpha value is -1.84. The lowest BCUT2D eigenvalue weighted by atomic mass is 10.2. The van der Waals surface area contributed by atoms with E-state index in [9.17, 15) is 0 Å². The molecule has 0 unspecified atom stereocenters. The minimum Gasteiger partial charge on any atom is -0.360 e. The van der Waals surface area contributed by atoms with E-state index in [-0.39, 0.29) is 0 Å². The normalized spacial score (nSPS) is 20.7. The number of unbranched alkanes of at least 4 members (excludes halogenated alkanes) is 2. The van der Waals surface area contributed by atoms with Crippen molar-refractivity contribution in [1.29, 1.82) is 0 Å². The van der Waals surface area contributed by atoms with E-state index in [0.29, 0.717) is 0 Å². The molecule has 1 aromatic rings. The smallest absolute Gasteiger partial charge is 0.105 e. The summed E-state index contributed by atoms with van der Waals surface area (Å²) in [6, 6.07) is 8.40. The Morgan fingerprint density at radius 3 is 1.65 bits per heavy atom. The molecule has 0 aromatic heterocycles. The Morgan fingerprint density at radius 1 is 0.769 bits per heavy atom. The van der Waals surface area contributed by atoms with Crippen molar-refractivity contribution in [2.75, 3.05) is 26.2 Å². The number of hydrogen-bond acceptors (Lipinski definition) is 2. The number of hydrogen-bond donors (Lipinski definition) is 0. The first-order valence-electron chi connectivity index (χ1n) is 10.6. The van der Waals surface area contributed by atoms with Crippen molar-refractivity contribution in [3.63, 3.8) is 0 Å². The fourth-order valence-corrected chi connectivity index (χ4v) is 3.79. The zero-order valence-electron chi connectivity index (χ0n) is 16.6. The minimum atomic E-state index is 1.03. The number of amidine groups is 2. The van der Waals surface area contributed by atoms with Gasteiger partial charge in [-0.3, -0.25) is 0 Å². The number of nitrogens with zero attached hydrogens (tertiary/aromatic N) is 4. The molecule has 2 heterocycles. The summed E-state index contributed by atoms with van der Waals surface area (Å²) < 4.78 is 0. The van der Waals surface area contributed by atoms with Crippen molar-refractivity contribution >= 4 is 23.0 Å². The predicted molar refractivity (Wildman–Crippen MR) is 112 cm³/mol. The first-order valence-corrected chi connectivity index (χ1v) is 10.6. The van der Waals surface area contributed by atoms with E-state index in [1.54, 1.807) is 0 Å². The second-order valence-corrected chi connectivity index (χ2v) is 7.43. The largest absolute Gasteiger partial charge is 0.360 e. The second-order valence-electron chi connectivity index (χ2n) is 7.43. The summed E-state index contributed by atoms with van der Waals surface area (Å²) in [6.07, 6.45) is 9.61. The van der Waals surface area contributed by atoms with E-state index < -0.39 is 0 Å². The van der Waals surface area contributed by atoms with Gasteiger partial charge in [-0.25, -0.2) is 9.98 Å². The van der Waals surface area contributed by atoms with Crippen LogP contribution in [0.1, 0.15) is 65.2 Å². The Morgan fingerprint density at radius 2 is 1.23 bits per heavy atom. The lowest BCUT2D eigenvalue weighted by Crippen LogP contribution is -2.26. The lowest BCUT2D eigenvalue weighted by molar-refractivity contribution is 0.439. The van der Waals surface area contributed by atoms with Crippen LogP contribution < -0.4 is 0 Å². The molecule has 3 rings (SSSR count). The standard InChI is InChI=1S/C22H34N4/c1-3-5-15-25-17-9-13-21(25)23-19-11-7-8-12-20(19)24-22-14-10-18-26(22)16-6-4-2/h7-8,11-12H,3-6,9-10,13-18H2,1-2H3. The van der Waals surface area contributed by atoms with Crippen LogP contribution in [0.5, 0.6) is 0 Å². The predicted octanol–water partition coefficient (Wildman–Crippen LogP) is 5.54. The number of benzene rings is 1. The molecule has 0 amide bonds. The summed E-state index contributed by atoms with van der Waals surface area (Å²) in [5.74, 6) is 2.50. The molecule has 0 atom stereocenters. The molecule has 0 saturated carbocycles. The van der Waals surface area contributed by atoms with E-state index in [4.69, 9.17) is 9.98 Å². The van der Waals surface area contributed by atoms with Gasteiger partial charge in [-0.15, -0.1) is 0 Å². The van der Waals surface area contributed by atoms with Gasteiger partial charge in [0.05, 0.1) is 11.4 Å². The molecule has 0 N–H and O–H groups in total. The number of rotatable bonds is 8. The molecule has 2 saturated heterocycles. The van der Waals surface area contributed by atoms with E-state index in [1.807, 2.05) is 0 Å². The van der Waals surface area contributed by atoms with E-state index in [0.717, 1.165) is 50.4 Å². The highest BCUT2D eigenvalue weighted by molar-refractivity contribution is 5.91. The van der Waals surface area contributed by atoms with Crippen LogP contribution in [-0.4, -0.2) is 47.7 Å². The van der Waals surface area contributed by atoms with E-state index >= 15 is 0 Å². The minimum absolute atomic E-state index is 1.03. The summed E-state index contributed by atoms with van der Waals surface area (Å²) in [5, 5.41) is 0. The van der Waals surface area contributed by atoms with Gasteiger partial charge in [0.2, 0.25) is 0 Å². The van der Waals surface area contributed by atoms with Gasteiger partial charge < -0.3 is 9.80 Å². The number of likely N-dealkylation sites (tertiary alicyclic amines) is 2. The van der Waals surface area contributed by atoms with Crippen molar-refractivity contribution in [3.05, 3.63) is 24.3 Å². The van der Waals surface area contributed by atoms with Crippen LogP contribution >= 0.6 is 0 Å². The van der Waals surface area contributed by atoms with Gasteiger partial charge in [-0.1, -0.05) is 38.8 Å². The lowest BCUT2D eigenvalue weighted by Gasteiger charge is -2.19. The molecular formula is C22H34N4. The quantitative estimate of drug-likeness (QED) is 0.614. The summed E-state index contributed by atoms with van der Waals surface area (Å²) in [5.41, 5.74) is 2.06. The maximum Gasteiger partial charge on any atom is 0.105 e. The van der Waals surface area contributed by atoms with Crippen LogP contribution in [0.4, 0.5) is 11.4 Å². The van der Waals surface area contributed by atoms with E-state index in [1.165, 1.54) is 50.2 Å². The van der Waals surface area contributed by atoms with Gasteiger partial charge in [0.15, 0.2) is 0 Å². The molecule has 1 aromatic carbocycles. The van der Waals surface area contributed by atoms with E-state index in [2.05, 4.69) is 47.9 Å². The molecule has 142 valence electrons. The fourth-order valence-electron chi connectivity index (χ4n) is 3.79. The van der Waals surface area contributed by atoms with Gasteiger partial charge in [0.1, 0.15) is 11.7 Å². The molecule has 26 heavy (non-hydrogen) atoms. The first-order chi connectivity index (χ1) is 12.8. The highest BCUT2D eigenvalue weighted by atomic mass is 15.2. The highest BCUT2D eigenvalue weighted by Crippen LogP contribution is 2.31. The number of aliphatic imine (C=N–C) groups is 2. The van der Waals surface area contributed by atoms with Crippen molar-refractivity contribution in [1.82, 2.24) is 9.80 Å². The summed E-state index contributed by atoms with van der Waals surface area (Å²) in [6.45, 7) is 9.09. The Bertz CT molecular complexity index is 580. The third-order valence-corrected chi connectivity index (χ3v) is 5.33. The first kappa shape index (κ1) is 18.9. The Kier molecular flexibility index (Phi) is 7.10. The molecule has 0 bridgehead atoms. The summed E-state index contributed by atoms with van der Waals surface area (Å²) in [4.78, 5) is 15.0. The van der Waals surface area contributed by atoms with Crippen LogP contribution in [0.15, 0.2) is 34.3 Å². The molecule has 0 spiro atoms. The van der Waals surface area contributed by atoms with Crippen LogP contribution in [-0.2, 0) is 0 Å². The molecule has 2 fully saturated rings. The second kappa shape index (κ2) is 9.75. The number of para-hydroxylation sites is 2. The average molecular weight is 355 g/mol. The zero-order chi connectivity index (χ0) is 18.2. The third-order valence-electron chi connectivity index (χ3n) is 5.33. The van der Waals surface area contributed by atoms with Crippen LogP contribution in [0.2, 0.25) is 0 Å². The topological polar surface area (TPSA) is 31.2 Å². The fraction of sp³-hybridized carbons (Fsp3) is 0.636. The molecule has 0 aliphatic carbocycles. The molecule has 0 radical (unpaired) electrons. The molecule has 2 aliphatic rings.